The minimum Gasteiger partial charge on any atom is -0.323 e. The lowest BCUT2D eigenvalue weighted by atomic mass is 10.1. The normalized spacial score (nSPS) is 14.4. The Bertz CT molecular complexity index is 297. The number of hydrogen-bond donors (Lipinski definition) is 1. The highest BCUT2D eigenvalue weighted by Crippen LogP contribution is 2.30. The van der Waals surface area contributed by atoms with Gasteiger partial charge in [0.05, 0.1) is 0 Å². The van der Waals surface area contributed by atoms with Crippen LogP contribution in [0.25, 0.3) is 0 Å². The molecule has 1 unspecified atom stereocenters. The number of rotatable bonds is 3. The van der Waals surface area contributed by atoms with Gasteiger partial charge in [0.2, 0.25) is 0 Å². The molecule has 6 heteroatoms. The first-order chi connectivity index (χ1) is 6.38. The molecule has 0 aromatic carbocycles. The highest BCUT2D eigenvalue weighted by atomic mass is 79.9. The number of halogens is 4. The summed E-state index contributed by atoms with van der Waals surface area (Å²) in [4.78, 5) is 0.779. The minimum atomic E-state index is -4.12. The summed E-state index contributed by atoms with van der Waals surface area (Å²) in [6, 6.07) is 1.24. The van der Waals surface area contributed by atoms with Crippen molar-refractivity contribution < 1.29 is 13.2 Å². The summed E-state index contributed by atoms with van der Waals surface area (Å²) in [6.07, 6.45) is -5.01. The van der Waals surface area contributed by atoms with Crippen molar-refractivity contribution in [2.24, 2.45) is 5.73 Å². The summed E-state index contributed by atoms with van der Waals surface area (Å²) in [5.74, 6) is 0. The van der Waals surface area contributed by atoms with Gasteiger partial charge in [-0.15, -0.1) is 11.3 Å². The third-order valence-corrected chi connectivity index (χ3v) is 3.52. The molecule has 1 heterocycles. The van der Waals surface area contributed by atoms with Crippen LogP contribution in [0, 0.1) is 0 Å². The van der Waals surface area contributed by atoms with Crippen LogP contribution < -0.4 is 5.73 Å². The van der Waals surface area contributed by atoms with E-state index in [-0.39, 0.29) is 6.42 Å². The molecular weight excluding hydrogens is 279 g/mol. The van der Waals surface area contributed by atoms with Crippen LogP contribution >= 0.6 is 27.3 Å². The third kappa shape index (κ3) is 3.98. The quantitative estimate of drug-likeness (QED) is 0.898. The van der Waals surface area contributed by atoms with E-state index in [0.717, 1.165) is 9.35 Å². The monoisotopic (exact) mass is 287 g/mol. The van der Waals surface area contributed by atoms with E-state index in [4.69, 9.17) is 5.73 Å². The highest BCUT2D eigenvalue weighted by molar-refractivity contribution is 9.10. The van der Waals surface area contributed by atoms with Gasteiger partial charge < -0.3 is 5.73 Å². The van der Waals surface area contributed by atoms with Gasteiger partial charge in [-0.3, -0.25) is 0 Å². The average molecular weight is 288 g/mol. The Kier molecular flexibility index (Phi) is 3.97. The Labute approximate surface area is 92.2 Å². The molecule has 0 spiro atoms. The predicted molar refractivity (Wildman–Crippen MR) is 54.2 cm³/mol. The predicted octanol–water partition coefficient (Wildman–Crippen LogP) is 3.85. The SMILES string of the molecule is NC(CCC(F)(F)F)c1cc(Br)cs1. The summed E-state index contributed by atoms with van der Waals surface area (Å²) < 4.78 is 36.5. The number of nitrogens with two attached hydrogens (primary N) is 1. The Morgan fingerprint density at radius 3 is 2.57 bits per heavy atom. The van der Waals surface area contributed by atoms with Crippen LogP contribution in [-0.2, 0) is 0 Å². The van der Waals surface area contributed by atoms with E-state index in [0.29, 0.717) is 0 Å². The van der Waals surface area contributed by atoms with E-state index >= 15 is 0 Å². The lowest BCUT2D eigenvalue weighted by Gasteiger charge is -2.11. The van der Waals surface area contributed by atoms with Crippen molar-refractivity contribution in [3.05, 3.63) is 20.8 Å². The molecule has 0 saturated heterocycles. The molecule has 1 aromatic rings. The number of alkyl halides is 3. The van der Waals surface area contributed by atoms with E-state index < -0.39 is 18.6 Å². The summed E-state index contributed by atoms with van der Waals surface area (Å²) >= 11 is 4.59. The molecule has 1 atom stereocenters. The van der Waals surface area contributed by atoms with Crippen molar-refractivity contribution in [1.29, 1.82) is 0 Å². The molecule has 0 aliphatic heterocycles. The molecule has 80 valence electrons. The standard InChI is InChI=1S/C8H9BrF3NS/c9-5-3-7(14-4-5)6(13)1-2-8(10,11)12/h3-4,6H,1-2,13H2. The Balaban J connectivity index is 2.47. The third-order valence-electron chi connectivity index (χ3n) is 1.69. The molecule has 1 aromatic heterocycles. The fraction of sp³-hybridized carbons (Fsp3) is 0.500. The van der Waals surface area contributed by atoms with Crippen LogP contribution in [0.4, 0.5) is 13.2 Å². The van der Waals surface area contributed by atoms with Crippen LogP contribution in [-0.4, -0.2) is 6.18 Å². The largest absolute Gasteiger partial charge is 0.389 e. The number of hydrogen-bond acceptors (Lipinski definition) is 2. The van der Waals surface area contributed by atoms with Crippen molar-refractivity contribution in [3.8, 4) is 0 Å². The van der Waals surface area contributed by atoms with Gasteiger partial charge in [-0.1, -0.05) is 0 Å². The second kappa shape index (κ2) is 4.63. The molecule has 0 bridgehead atoms. The van der Waals surface area contributed by atoms with E-state index in [2.05, 4.69) is 15.9 Å². The maximum absolute atomic E-state index is 11.9. The zero-order chi connectivity index (χ0) is 10.8. The molecule has 1 nitrogen and oxygen atoms in total. The van der Waals surface area contributed by atoms with Crippen molar-refractivity contribution in [2.75, 3.05) is 0 Å². The summed E-state index contributed by atoms with van der Waals surface area (Å²) in [6.45, 7) is 0. The molecule has 2 N–H and O–H groups in total. The highest BCUT2D eigenvalue weighted by Gasteiger charge is 2.28. The van der Waals surface area contributed by atoms with Crippen LogP contribution in [0.2, 0.25) is 0 Å². The second-order valence-corrected chi connectivity index (χ2v) is 4.79. The van der Waals surface area contributed by atoms with E-state index in [1.54, 1.807) is 6.07 Å². The maximum atomic E-state index is 11.9. The van der Waals surface area contributed by atoms with Crippen LogP contribution in [0.1, 0.15) is 23.8 Å². The van der Waals surface area contributed by atoms with Crippen molar-refractivity contribution in [2.45, 2.75) is 25.1 Å². The van der Waals surface area contributed by atoms with Gasteiger partial charge >= 0.3 is 6.18 Å². The van der Waals surface area contributed by atoms with Gasteiger partial charge in [0, 0.05) is 27.2 Å². The van der Waals surface area contributed by atoms with Gasteiger partial charge in [-0.2, -0.15) is 13.2 Å². The van der Waals surface area contributed by atoms with E-state index in [9.17, 15) is 13.2 Å². The Hall–Kier alpha value is -0.0700. The van der Waals surface area contributed by atoms with Gasteiger partial charge in [0.1, 0.15) is 0 Å². The Morgan fingerprint density at radius 2 is 2.14 bits per heavy atom. The van der Waals surface area contributed by atoms with Gasteiger partial charge in [0.25, 0.3) is 0 Å². The van der Waals surface area contributed by atoms with Gasteiger partial charge in [-0.25, -0.2) is 0 Å². The Morgan fingerprint density at radius 1 is 1.50 bits per heavy atom. The molecule has 0 fully saturated rings. The van der Waals surface area contributed by atoms with Gasteiger partial charge in [0.15, 0.2) is 0 Å². The molecule has 0 aliphatic carbocycles. The lowest BCUT2D eigenvalue weighted by molar-refractivity contribution is -0.136. The molecule has 0 aliphatic rings. The molecule has 0 saturated carbocycles. The van der Waals surface area contributed by atoms with Gasteiger partial charge in [-0.05, 0) is 28.4 Å². The van der Waals surface area contributed by atoms with Crippen LogP contribution in [0.15, 0.2) is 15.9 Å². The first kappa shape index (κ1) is 12.0. The lowest BCUT2D eigenvalue weighted by Crippen LogP contribution is -2.14. The molecular formula is C8H9BrF3NS. The van der Waals surface area contributed by atoms with Crippen LogP contribution in [0.3, 0.4) is 0 Å². The first-order valence-electron chi connectivity index (χ1n) is 3.95. The maximum Gasteiger partial charge on any atom is 0.389 e. The zero-order valence-electron chi connectivity index (χ0n) is 7.14. The molecule has 1 rings (SSSR count). The van der Waals surface area contributed by atoms with Crippen molar-refractivity contribution in [1.82, 2.24) is 0 Å². The fourth-order valence-corrected chi connectivity index (χ4v) is 2.47. The van der Waals surface area contributed by atoms with E-state index in [1.807, 2.05) is 5.38 Å². The topological polar surface area (TPSA) is 26.0 Å². The zero-order valence-corrected chi connectivity index (χ0v) is 9.55. The molecule has 0 radical (unpaired) electrons. The minimum absolute atomic E-state index is 0.0591. The second-order valence-electron chi connectivity index (χ2n) is 2.93. The van der Waals surface area contributed by atoms with Crippen LogP contribution in [0.5, 0.6) is 0 Å². The summed E-state index contributed by atoms with van der Waals surface area (Å²) in [7, 11) is 0. The fourth-order valence-electron chi connectivity index (χ4n) is 0.984. The van der Waals surface area contributed by atoms with Crippen molar-refractivity contribution >= 4 is 27.3 Å². The summed E-state index contributed by atoms with van der Waals surface area (Å²) in [5.41, 5.74) is 5.61. The molecule has 14 heavy (non-hydrogen) atoms. The first-order valence-corrected chi connectivity index (χ1v) is 5.62. The summed E-state index contributed by atoms with van der Waals surface area (Å²) in [5, 5.41) is 1.81. The smallest absolute Gasteiger partial charge is 0.323 e. The molecule has 0 amide bonds. The number of thiophene rings is 1. The average Bonchev–Trinajstić information content (AvgIpc) is 2.46. The van der Waals surface area contributed by atoms with E-state index in [1.165, 1.54) is 11.3 Å². The van der Waals surface area contributed by atoms with Crippen molar-refractivity contribution in [3.63, 3.8) is 0 Å².